The SMILES string of the molecule is O=Cc1ccc(C=C2SC(=S)N(NC(=O)c3ccc(F)cc3)C2=O)cc1. The van der Waals surface area contributed by atoms with Crippen molar-refractivity contribution in [1.29, 1.82) is 0 Å². The van der Waals surface area contributed by atoms with E-state index < -0.39 is 17.6 Å². The molecular weight excluding hydrogens is 375 g/mol. The number of halogens is 1. The molecule has 0 aromatic heterocycles. The molecule has 1 heterocycles. The second kappa shape index (κ2) is 7.59. The van der Waals surface area contributed by atoms with Crippen LogP contribution in [0.2, 0.25) is 0 Å². The van der Waals surface area contributed by atoms with Crippen molar-refractivity contribution < 1.29 is 18.8 Å². The maximum Gasteiger partial charge on any atom is 0.285 e. The van der Waals surface area contributed by atoms with Gasteiger partial charge in [0.2, 0.25) is 0 Å². The van der Waals surface area contributed by atoms with Crippen molar-refractivity contribution in [2.75, 3.05) is 0 Å². The number of aldehydes is 1. The number of nitrogens with zero attached hydrogens (tertiary/aromatic N) is 1. The van der Waals surface area contributed by atoms with Crippen LogP contribution in [0.3, 0.4) is 0 Å². The fourth-order valence-corrected chi connectivity index (χ4v) is 3.33. The van der Waals surface area contributed by atoms with E-state index in [-0.39, 0.29) is 9.88 Å². The molecule has 5 nitrogen and oxygen atoms in total. The van der Waals surface area contributed by atoms with Crippen molar-refractivity contribution in [3.63, 3.8) is 0 Å². The Morgan fingerprint density at radius 1 is 1.08 bits per heavy atom. The quantitative estimate of drug-likeness (QED) is 0.497. The number of nitrogens with one attached hydrogen (secondary N) is 1. The normalized spacial score (nSPS) is 15.4. The predicted molar refractivity (Wildman–Crippen MR) is 101 cm³/mol. The van der Waals surface area contributed by atoms with Crippen LogP contribution in [0.25, 0.3) is 6.08 Å². The molecule has 0 radical (unpaired) electrons. The summed E-state index contributed by atoms with van der Waals surface area (Å²) in [5.41, 5.74) is 3.88. The number of carbonyl (C=O) groups excluding carboxylic acids is 3. The fourth-order valence-electron chi connectivity index (χ4n) is 2.15. The van der Waals surface area contributed by atoms with Crippen LogP contribution in [-0.2, 0) is 4.79 Å². The Morgan fingerprint density at radius 3 is 2.31 bits per heavy atom. The van der Waals surface area contributed by atoms with Crippen LogP contribution in [0.15, 0.2) is 53.4 Å². The lowest BCUT2D eigenvalue weighted by atomic mass is 10.1. The summed E-state index contributed by atoms with van der Waals surface area (Å²) < 4.78 is 13.1. The van der Waals surface area contributed by atoms with Crippen LogP contribution in [-0.4, -0.2) is 27.4 Å². The molecule has 0 unspecified atom stereocenters. The second-order valence-electron chi connectivity index (χ2n) is 5.25. The average Bonchev–Trinajstić information content (AvgIpc) is 2.90. The van der Waals surface area contributed by atoms with Crippen molar-refractivity contribution in [1.82, 2.24) is 10.4 Å². The third-order valence-corrected chi connectivity index (χ3v) is 4.79. The Labute approximate surface area is 157 Å². The number of thioether (sulfide) groups is 1. The van der Waals surface area contributed by atoms with Gasteiger partial charge in [0.1, 0.15) is 12.1 Å². The summed E-state index contributed by atoms with van der Waals surface area (Å²) in [6.07, 6.45) is 2.35. The minimum atomic E-state index is -0.571. The van der Waals surface area contributed by atoms with E-state index in [1.54, 1.807) is 30.3 Å². The minimum Gasteiger partial charge on any atom is -0.298 e. The van der Waals surface area contributed by atoms with Crippen molar-refractivity contribution >= 4 is 52.5 Å². The monoisotopic (exact) mass is 386 g/mol. The highest BCUT2D eigenvalue weighted by atomic mass is 32.2. The first-order chi connectivity index (χ1) is 12.5. The summed E-state index contributed by atoms with van der Waals surface area (Å²) in [6, 6.07) is 11.6. The standard InChI is InChI=1S/C18H11FN2O3S2/c19-14-7-5-13(6-8-14)16(23)20-21-17(24)15(26-18(21)25)9-11-1-3-12(10-22)4-2-11/h1-10H,(H,20,23). The maximum absolute atomic E-state index is 12.9. The van der Waals surface area contributed by atoms with E-state index in [1.165, 1.54) is 12.1 Å². The Balaban J connectivity index is 1.75. The van der Waals surface area contributed by atoms with Crippen molar-refractivity contribution in [3.8, 4) is 0 Å². The van der Waals surface area contributed by atoms with E-state index in [0.29, 0.717) is 10.5 Å². The van der Waals surface area contributed by atoms with Gasteiger partial charge >= 0.3 is 0 Å². The summed E-state index contributed by atoms with van der Waals surface area (Å²) in [5, 5.41) is 0.983. The lowest BCUT2D eigenvalue weighted by Crippen LogP contribution is -2.44. The number of hydrogen-bond donors (Lipinski definition) is 1. The molecule has 8 heteroatoms. The van der Waals surface area contributed by atoms with Gasteiger partial charge in [-0.25, -0.2) is 4.39 Å². The summed E-state index contributed by atoms with van der Waals surface area (Å²) in [7, 11) is 0. The van der Waals surface area contributed by atoms with Gasteiger partial charge in [-0.05, 0) is 48.1 Å². The van der Waals surface area contributed by atoms with Crippen LogP contribution in [0.1, 0.15) is 26.3 Å². The number of hydrazine groups is 1. The number of amides is 2. The molecular formula is C18H11FN2O3S2. The smallest absolute Gasteiger partial charge is 0.285 e. The fraction of sp³-hybridized carbons (Fsp3) is 0. The maximum atomic E-state index is 12.9. The molecule has 1 fully saturated rings. The molecule has 0 spiro atoms. The molecule has 0 atom stereocenters. The van der Waals surface area contributed by atoms with Crippen LogP contribution in [0.5, 0.6) is 0 Å². The number of hydrogen-bond acceptors (Lipinski definition) is 5. The number of carbonyl (C=O) groups is 3. The molecule has 1 aliphatic rings. The Morgan fingerprint density at radius 2 is 1.69 bits per heavy atom. The Kier molecular flexibility index (Phi) is 5.24. The lowest BCUT2D eigenvalue weighted by molar-refractivity contribution is -0.123. The van der Waals surface area contributed by atoms with E-state index in [0.717, 1.165) is 40.8 Å². The molecule has 26 heavy (non-hydrogen) atoms. The Hall–Kier alpha value is -2.84. The molecule has 1 aliphatic heterocycles. The molecule has 1 saturated heterocycles. The molecule has 0 bridgehead atoms. The van der Waals surface area contributed by atoms with E-state index in [2.05, 4.69) is 5.43 Å². The molecule has 3 rings (SSSR count). The van der Waals surface area contributed by atoms with Crippen LogP contribution in [0, 0.1) is 5.82 Å². The van der Waals surface area contributed by atoms with Gasteiger partial charge in [-0.1, -0.05) is 36.0 Å². The average molecular weight is 386 g/mol. The largest absolute Gasteiger partial charge is 0.298 e. The molecule has 2 aromatic rings. The molecule has 1 N–H and O–H groups in total. The Bertz CT molecular complexity index is 924. The summed E-state index contributed by atoms with van der Waals surface area (Å²) in [6.45, 7) is 0. The highest BCUT2D eigenvalue weighted by molar-refractivity contribution is 8.26. The van der Waals surface area contributed by atoms with Gasteiger partial charge in [0, 0.05) is 11.1 Å². The molecule has 2 aromatic carbocycles. The third kappa shape index (κ3) is 3.87. The summed E-state index contributed by atoms with van der Waals surface area (Å²) in [4.78, 5) is 35.7. The first-order valence-corrected chi connectivity index (χ1v) is 8.60. The highest BCUT2D eigenvalue weighted by Gasteiger charge is 2.33. The van der Waals surface area contributed by atoms with Crippen LogP contribution in [0.4, 0.5) is 4.39 Å². The van der Waals surface area contributed by atoms with Gasteiger partial charge < -0.3 is 0 Å². The van der Waals surface area contributed by atoms with Crippen molar-refractivity contribution in [3.05, 3.63) is 75.9 Å². The van der Waals surface area contributed by atoms with Crippen molar-refractivity contribution in [2.24, 2.45) is 0 Å². The van der Waals surface area contributed by atoms with E-state index in [9.17, 15) is 18.8 Å². The van der Waals surface area contributed by atoms with E-state index >= 15 is 0 Å². The first-order valence-electron chi connectivity index (χ1n) is 7.37. The van der Waals surface area contributed by atoms with E-state index in [1.807, 2.05) is 0 Å². The number of rotatable bonds is 4. The highest BCUT2D eigenvalue weighted by Crippen LogP contribution is 2.31. The number of benzene rings is 2. The lowest BCUT2D eigenvalue weighted by Gasteiger charge is -2.15. The van der Waals surface area contributed by atoms with Crippen LogP contribution < -0.4 is 5.43 Å². The third-order valence-electron chi connectivity index (χ3n) is 3.48. The van der Waals surface area contributed by atoms with Crippen LogP contribution >= 0.6 is 24.0 Å². The van der Waals surface area contributed by atoms with Gasteiger partial charge in [0.15, 0.2) is 4.32 Å². The van der Waals surface area contributed by atoms with Gasteiger partial charge in [-0.3, -0.25) is 19.8 Å². The molecule has 130 valence electrons. The van der Waals surface area contributed by atoms with Gasteiger partial charge in [0.05, 0.1) is 4.91 Å². The minimum absolute atomic E-state index is 0.182. The zero-order valence-electron chi connectivity index (χ0n) is 13.1. The number of thiocarbonyl (C=S) groups is 1. The van der Waals surface area contributed by atoms with E-state index in [4.69, 9.17) is 12.2 Å². The predicted octanol–water partition coefficient (Wildman–Crippen LogP) is 3.18. The second-order valence-corrected chi connectivity index (χ2v) is 6.93. The molecule has 0 aliphatic carbocycles. The summed E-state index contributed by atoms with van der Waals surface area (Å²) in [5.74, 6) is -1.50. The first kappa shape index (κ1) is 18.0. The summed E-state index contributed by atoms with van der Waals surface area (Å²) >= 11 is 6.20. The topological polar surface area (TPSA) is 66.5 Å². The van der Waals surface area contributed by atoms with Gasteiger partial charge in [-0.2, -0.15) is 5.01 Å². The van der Waals surface area contributed by atoms with Crippen molar-refractivity contribution in [2.45, 2.75) is 0 Å². The zero-order valence-corrected chi connectivity index (χ0v) is 14.8. The van der Waals surface area contributed by atoms with Gasteiger partial charge in [0.25, 0.3) is 11.8 Å². The van der Waals surface area contributed by atoms with Gasteiger partial charge in [-0.15, -0.1) is 0 Å². The zero-order chi connectivity index (χ0) is 18.7. The molecule has 0 saturated carbocycles. The molecule has 2 amide bonds.